The third-order valence-electron chi connectivity index (χ3n) is 3.91. The van der Waals surface area contributed by atoms with E-state index in [0.29, 0.717) is 6.54 Å². The van der Waals surface area contributed by atoms with Crippen molar-refractivity contribution in [2.45, 2.75) is 57.7 Å². The quantitative estimate of drug-likeness (QED) is 0.749. The van der Waals surface area contributed by atoms with Crippen molar-refractivity contribution in [1.29, 1.82) is 0 Å². The number of carboxylic acids is 1. The number of carboxylic acid groups (broad SMARTS) is 1. The second-order valence-electron chi connectivity index (χ2n) is 5.55. The lowest BCUT2D eigenvalue weighted by molar-refractivity contribution is -0.143. The Balaban J connectivity index is 2.12. The fraction of sp³-hybridized carbons (Fsp3) is 0.769. The van der Waals surface area contributed by atoms with Gasteiger partial charge in [-0.15, -0.1) is 0 Å². The number of rotatable bonds is 4. The molecule has 2 atom stereocenters. The second-order valence-corrected chi connectivity index (χ2v) is 5.55. The lowest BCUT2D eigenvalue weighted by Crippen LogP contribution is -2.46. The molecule has 0 bridgehead atoms. The number of hydrogen-bond donors (Lipinski definition) is 1. The van der Waals surface area contributed by atoms with Gasteiger partial charge in [0.2, 0.25) is 11.8 Å². The fourth-order valence-electron chi connectivity index (χ4n) is 3.13. The van der Waals surface area contributed by atoms with Gasteiger partial charge in [0.05, 0.1) is 18.9 Å². The average molecular weight is 268 g/mol. The molecule has 0 aromatic rings. The Bertz CT molecular complexity index is 407. The van der Waals surface area contributed by atoms with Gasteiger partial charge in [-0.05, 0) is 33.2 Å². The lowest BCUT2D eigenvalue weighted by atomic mass is 10.1. The molecule has 0 spiro atoms. The van der Waals surface area contributed by atoms with E-state index in [0.717, 1.165) is 12.8 Å². The molecule has 6 heteroatoms. The predicted molar refractivity (Wildman–Crippen MR) is 67.4 cm³/mol. The van der Waals surface area contributed by atoms with E-state index in [1.54, 1.807) is 0 Å². The van der Waals surface area contributed by atoms with Gasteiger partial charge in [0.15, 0.2) is 0 Å². The molecular weight excluding hydrogens is 248 g/mol. The topological polar surface area (TPSA) is 77.9 Å². The molecule has 2 saturated heterocycles. The minimum absolute atomic E-state index is 0.0413. The van der Waals surface area contributed by atoms with E-state index >= 15 is 0 Å². The molecule has 2 amide bonds. The number of carbonyl (C=O) groups is 3. The summed E-state index contributed by atoms with van der Waals surface area (Å²) in [4.78, 5) is 38.2. The van der Waals surface area contributed by atoms with Crippen LogP contribution in [0.25, 0.3) is 0 Å². The summed E-state index contributed by atoms with van der Waals surface area (Å²) in [6.07, 6.45) is 1.90. The summed E-state index contributed by atoms with van der Waals surface area (Å²) in [5.74, 6) is -1.17. The third kappa shape index (κ3) is 2.63. The van der Waals surface area contributed by atoms with Gasteiger partial charge in [0.25, 0.3) is 0 Å². The van der Waals surface area contributed by atoms with Crippen molar-refractivity contribution in [3.63, 3.8) is 0 Å². The highest BCUT2D eigenvalue weighted by Gasteiger charge is 2.46. The second kappa shape index (κ2) is 5.28. The molecular formula is C13H20N2O4. The van der Waals surface area contributed by atoms with E-state index in [2.05, 4.69) is 0 Å². The van der Waals surface area contributed by atoms with Crippen molar-refractivity contribution in [2.24, 2.45) is 0 Å². The van der Waals surface area contributed by atoms with Gasteiger partial charge < -0.3 is 5.11 Å². The highest BCUT2D eigenvalue weighted by atomic mass is 16.4. The van der Waals surface area contributed by atoms with Gasteiger partial charge in [-0.25, -0.2) is 0 Å². The van der Waals surface area contributed by atoms with Crippen LogP contribution in [0.5, 0.6) is 0 Å². The van der Waals surface area contributed by atoms with E-state index in [-0.39, 0.29) is 36.7 Å². The minimum atomic E-state index is -0.852. The molecule has 0 aliphatic carbocycles. The van der Waals surface area contributed by atoms with Crippen LogP contribution >= 0.6 is 0 Å². The first-order chi connectivity index (χ1) is 8.91. The normalized spacial score (nSPS) is 28.7. The maximum Gasteiger partial charge on any atom is 0.304 e. The van der Waals surface area contributed by atoms with Crippen LogP contribution in [-0.4, -0.2) is 57.4 Å². The average Bonchev–Trinajstić information content (AvgIpc) is 2.82. The Morgan fingerprint density at radius 1 is 1.42 bits per heavy atom. The summed E-state index contributed by atoms with van der Waals surface area (Å²) < 4.78 is 0. The summed E-state index contributed by atoms with van der Waals surface area (Å²) in [7, 11) is 0. The molecule has 106 valence electrons. The summed E-state index contributed by atoms with van der Waals surface area (Å²) in [5, 5.41) is 8.90. The Kier molecular flexibility index (Phi) is 3.89. The Hall–Kier alpha value is -1.43. The van der Waals surface area contributed by atoms with E-state index in [9.17, 15) is 14.4 Å². The van der Waals surface area contributed by atoms with Gasteiger partial charge in [0, 0.05) is 12.1 Å². The van der Waals surface area contributed by atoms with Gasteiger partial charge in [-0.2, -0.15) is 0 Å². The van der Waals surface area contributed by atoms with E-state index < -0.39 is 12.0 Å². The first kappa shape index (κ1) is 14.0. The van der Waals surface area contributed by atoms with E-state index in [4.69, 9.17) is 5.11 Å². The number of carbonyl (C=O) groups excluding carboxylic acids is 2. The summed E-state index contributed by atoms with van der Waals surface area (Å²) in [6, 6.07) is -0.710. The van der Waals surface area contributed by atoms with E-state index in [1.165, 1.54) is 4.90 Å². The summed E-state index contributed by atoms with van der Waals surface area (Å²) in [6.45, 7) is 4.33. The molecule has 0 saturated carbocycles. The SMILES string of the molecule is CC(C)N1C(=O)CC(N2CCCC2CC(=O)O)C1=O. The van der Waals surface area contributed by atoms with Crippen molar-refractivity contribution in [1.82, 2.24) is 9.80 Å². The highest BCUT2D eigenvalue weighted by molar-refractivity contribution is 6.05. The van der Waals surface area contributed by atoms with Gasteiger partial charge >= 0.3 is 5.97 Å². The van der Waals surface area contributed by atoms with Gasteiger partial charge in [0.1, 0.15) is 0 Å². The Morgan fingerprint density at radius 3 is 2.63 bits per heavy atom. The number of hydrogen-bond acceptors (Lipinski definition) is 4. The monoisotopic (exact) mass is 268 g/mol. The minimum Gasteiger partial charge on any atom is -0.481 e. The zero-order chi connectivity index (χ0) is 14.2. The van der Waals surface area contributed by atoms with Crippen LogP contribution in [0.3, 0.4) is 0 Å². The molecule has 2 fully saturated rings. The van der Waals surface area contributed by atoms with Crippen molar-refractivity contribution in [3.05, 3.63) is 0 Å². The third-order valence-corrected chi connectivity index (χ3v) is 3.91. The standard InChI is InChI=1S/C13H20N2O4/c1-8(2)15-11(16)7-10(13(15)19)14-5-3-4-9(14)6-12(17)18/h8-10H,3-7H2,1-2H3,(H,17,18). The molecule has 0 radical (unpaired) electrons. The molecule has 19 heavy (non-hydrogen) atoms. The van der Waals surface area contributed by atoms with Gasteiger partial charge in [-0.3, -0.25) is 24.2 Å². The molecule has 6 nitrogen and oxygen atoms in total. The summed E-state index contributed by atoms with van der Waals surface area (Å²) in [5.41, 5.74) is 0. The fourth-order valence-corrected chi connectivity index (χ4v) is 3.13. The van der Waals surface area contributed by atoms with Gasteiger partial charge in [-0.1, -0.05) is 0 Å². The van der Waals surface area contributed by atoms with Crippen LogP contribution in [0.15, 0.2) is 0 Å². The molecule has 2 unspecified atom stereocenters. The molecule has 2 aliphatic heterocycles. The van der Waals surface area contributed by atoms with Crippen LogP contribution in [-0.2, 0) is 14.4 Å². The summed E-state index contributed by atoms with van der Waals surface area (Å²) >= 11 is 0. The number of aliphatic carboxylic acids is 1. The predicted octanol–water partition coefficient (Wildman–Crippen LogP) is 0.461. The maximum atomic E-state index is 12.3. The number of imide groups is 1. The van der Waals surface area contributed by atoms with Crippen LogP contribution in [0.2, 0.25) is 0 Å². The van der Waals surface area contributed by atoms with Crippen molar-refractivity contribution < 1.29 is 19.5 Å². The van der Waals surface area contributed by atoms with Crippen molar-refractivity contribution in [2.75, 3.05) is 6.54 Å². The number of nitrogens with zero attached hydrogens (tertiary/aromatic N) is 2. The molecule has 0 aromatic carbocycles. The largest absolute Gasteiger partial charge is 0.481 e. The first-order valence-corrected chi connectivity index (χ1v) is 6.75. The zero-order valence-corrected chi connectivity index (χ0v) is 11.3. The lowest BCUT2D eigenvalue weighted by Gasteiger charge is -2.28. The zero-order valence-electron chi connectivity index (χ0n) is 11.3. The van der Waals surface area contributed by atoms with E-state index in [1.807, 2.05) is 18.7 Å². The van der Waals surface area contributed by atoms with Crippen LogP contribution < -0.4 is 0 Å². The first-order valence-electron chi connectivity index (χ1n) is 6.75. The Morgan fingerprint density at radius 2 is 2.11 bits per heavy atom. The number of amides is 2. The highest BCUT2D eigenvalue weighted by Crippen LogP contribution is 2.29. The molecule has 1 N–H and O–H groups in total. The van der Waals surface area contributed by atoms with Crippen LogP contribution in [0.4, 0.5) is 0 Å². The van der Waals surface area contributed by atoms with Crippen molar-refractivity contribution >= 4 is 17.8 Å². The molecule has 2 rings (SSSR count). The maximum absolute atomic E-state index is 12.3. The molecule has 2 aliphatic rings. The Labute approximate surface area is 112 Å². The molecule has 2 heterocycles. The van der Waals surface area contributed by atoms with Crippen molar-refractivity contribution in [3.8, 4) is 0 Å². The smallest absolute Gasteiger partial charge is 0.304 e. The molecule has 0 aromatic heterocycles. The number of likely N-dealkylation sites (tertiary alicyclic amines) is 2. The van der Waals surface area contributed by atoms with Crippen LogP contribution in [0, 0.1) is 0 Å². The van der Waals surface area contributed by atoms with Crippen LogP contribution in [0.1, 0.15) is 39.5 Å².